The summed E-state index contributed by atoms with van der Waals surface area (Å²) in [5.41, 5.74) is 4.57. The van der Waals surface area contributed by atoms with Gasteiger partial charge in [-0.15, -0.1) is 0 Å². The number of anilines is 1. The lowest BCUT2D eigenvalue weighted by atomic mass is 9.90. The highest BCUT2D eigenvalue weighted by Crippen LogP contribution is 2.42. The number of esters is 1. The van der Waals surface area contributed by atoms with Gasteiger partial charge >= 0.3 is 5.97 Å². The molecule has 0 saturated heterocycles. The van der Waals surface area contributed by atoms with Crippen LogP contribution in [0.3, 0.4) is 0 Å². The maximum absolute atomic E-state index is 13.1. The first-order chi connectivity index (χ1) is 17.0. The van der Waals surface area contributed by atoms with Crippen LogP contribution in [0.5, 0.6) is 0 Å². The third-order valence-electron chi connectivity index (χ3n) is 5.75. The molecule has 1 aliphatic carbocycles. The normalized spacial score (nSPS) is 11.6. The van der Waals surface area contributed by atoms with Crippen molar-refractivity contribution in [2.75, 3.05) is 51.7 Å². The van der Waals surface area contributed by atoms with Crippen LogP contribution in [-0.2, 0) is 13.6 Å². The van der Waals surface area contributed by atoms with E-state index in [1.807, 2.05) is 86.2 Å². The van der Waals surface area contributed by atoms with E-state index in [-0.39, 0.29) is 12.4 Å². The number of hydrogen-bond donors (Lipinski definition) is 0. The minimum Gasteiger partial charge on any atom is -0.461 e. The Bertz CT molecular complexity index is 1590. The van der Waals surface area contributed by atoms with E-state index >= 15 is 0 Å². The van der Waals surface area contributed by atoms with Crippen molar-refractivity contribution in [1.29, 1.82) is 0 Å². The molecule has 36 heavy (non-hydrogen) atoms. The minimum absolute atomic E-state index is 0.00505. The number of fused-ring (bicyclic) bond motifs is 2. The highest BCUT2D eigenvalue weighted by Gasteiger charge is 2.23. The predicted molar refractivity (Wildman–Crippen MR) is 147 cm³/mol. The van der Waals surface area contributed by atoms with Crippen LogP contribution < -0.4 is 14.8 Å². The molecule has 0 fully saturated rings. The first kappa shape index (κ1) is 25.8. The fourth-order valence-corrected chi connectivity index (χ4v) is 5.56. The average Bonchev–Trinajstić information content (AvgIpc) is 2.83. The topological polar surface area (TPSA) is 79.8 Å². The fraction of sp³-hybridized carbons (Fsp3) is 0.259. The van der Waals surface area contributed by atoms with Gasteiger partial charge in [0.1, 0.15) is 32.0 Å². The molecule has 0 unspecified atom stereocenters. The van der Waals surface area contributed by atoms with Crippen molar-refractivity contribution in [1.82, 2.24) is 4.58 Å². The van der Waals surface area contributed by atoms with Crippen LogP contribution in [0, 0.1) is 0 Å². The summed E-state index contributed by atoms with van der Waals surface area (Å²) >= 11 is 0. The predicted octanol–water partition coefficient (Wildman–Crippen LogP) is 4.15. The number of carbonyl (C=O) groups is 1. The molecule has 2 aliphatic rings. The summed E-state index contributed by atoms with van der Waals surface area (Å²) in [6, 6.07) is 19.3. The second kappa shape index (κ2) is 10.4. The molecule has 1 aliphatic heterocycles. The first-order valence-electron chi connectivity index (χ1n) is 11.3. The van der Waals surface area contributed by atoms with Crippen LogP contribution >= 0.6 is 10.8 Å². The number of ether oxygens (including phenoxy) is 1. The van der Waals surface area contributed by atoms with E-state index in [9.17, 15) is 13.2 Å². The van der Waals surface area contributed by atoms with Crippen LogP contribution in [0.25, 0.3) is 33.4 Å². The average molecular weight is 526 g/mol. The molecule has 2 aromatic carbocycles. The zero-order valence-electron chi connectivity index (χ0n) is 20.9. The molecule has 0 aromatic heterocycles. The molecule has 0 amide bonds. The summed E-state index contributed by atoms with van der Waals surface area (Å²) in [5, 5.41) is 1.87. The lowest BCUT2D eigenvalue weighted by molar-refractivity contribution is 0.0531. The van der Waals surface area contributed by atoms with Gasteiger partial charge in [0, 0.05) is 60.4 Å². The van der Waals surface area contributed by atoms with Gasteiger partial charge in [-0.2, -0.15) is 0 Å². The number of nitrogens with zero attached hydrogens (tertiary/aromatic N) is 2. The van der Waals surface area contributed by atoms with E-state index in [2.05, 4.69) is 0 Å². The first-order valence-corrected chi connectivity index (χ1v) is 14.7. The van der Waals surface area contributed by atoms with Gasteiger partial charge in [-0.1, -0.05) is 18.2 Å². The maximum Gasteiger partial charge on any atom is 0.338 e. The molecule has 1 heterocycles. The number of rotatable bonds is 7. The van der Waals surface area contributed by atoms with Gasteiger partial charge in [-0.25, -0.2) is 17.8 Å². The van der Waals surface area contributed by atoms with Crippen LogP contribution in [0.1, 0.15) is 10.4 Å². The van der Waals surface area contributed by atoms with Gasteiger partial charge in [0.25, 0.3) is 0 Å². The Hall–Kier alpha value is -3.30. The summed E-state index contributed by atoms with van der Waals surface area (Å²) in [5.74, 6) is 0.368. The van der Waals surface area contributed by atoms with Gasteiger partial charge in [-0.3, -0.25) is 0 Å². The second-order valence-electron chi connectivity index (χ2n) is 8.83. The summed E-state index contributed by atoms with van der Waals surface area (Å²) in [6.07, 6.45) is 1.13. The van der Waals surface area contributed by atoms with Crippen molar-refractivity contribution < 1.29 is 22.4 Å². The number of hydrogen-bond acceptors (Lipinski definition) is 7. The molecule has 4 rings (SSSR count). The lowest BCUT2D eigenvalue weighted by Gasteiger charge is -2.19. The SMILES string of the molecule is CN(C)c1ccc2c(-c3ccccc3C(=O)OCCSS(C)(=O)=O)c3ccc(=[N+](C)C)cc-3oc2c1. The third-order valence-corrected chi connectivity index (χ3v) is 8.30. The van der Waals surface area contributed by atoms with Gasteiger partial charge in [0.15, 0.2) is 8.87 Å². The van der Waals surface area contributed by atoms with Crippen LogP contribution in [0.2, 0.25) is 0 Å². The van der Waals surface area contributed by atoms with E-state index in [0.29, 0.717) is 16.9 Å². The molecule has 7 nitrogen and oxygen atoms in total. The molecule has 188 valence electrons. The van der Waals surface area contributed by atoms with Crippen molar-refractivity contribution in [2.24, 2.45) is 0 Å². The van der Waals surface area contributed by atoms with E-state index < -0.39 is 14.8 Å². The Morgan fingerprint density at radius 2 is 1.78 bits per heavy atom. The van der Waals surface area contributed by atoms with Crippen molar-refractivity contribution in [3.63, 3.8) is 0 Å². The number of carbonyl (C=O) groups excluding carboxylic acids is 1. The summed E-state index contributed by atoms with van der Waals surface area (Å²) in [4.78, 5) is 15.1. The molecular formula is C27H29N2O5S2+. The minimum atomic E-state index is -3.20. The zero-order valence-corrected chi connectivity index (χ0v) is 22.6. The van der Waals surface area contributed by atoms with Crippen molar-refractivity contribution >= 4 is 42.3 Å². The van der Waals surface area contributed by atoms with Crippen LogP contribution in [0.15, 0.2) is 65.1 Å². The quantitative estimate of drug-likeness (QED) is 0.118. The highest BCUT2D eigenvalue weighted by molar-refractivity contribution is 8.71. The Balaban J connectivity index is 1.89. The smallest absolute Gasteiger partial charge is 0.338 e. The Kier molecular flexibility index (Phi) is 7.42. The van der Waals surface area contributed by atoms with Gasteiger partial charge in [-0.05, 0) is 40.6 Å². The van der Waals surface area contributed by atoms with Gasteiger partial charge < -0.3 is 14.1 Å². The molecule has 0 radical (unpaired) electrons. The molecule has 9 heteroatoms. The van der Waals surface area contributed by atoms with Crippen molar-refractivity contribution in [3.05, 3.63) is 71.6 Å². The lowest BCUT2D eigenvalue weighted by Crippen LogP contribution is -2.21. The summed E-state index contributed by atoms with van der Waals surface area (Å²) in [6.45, 7) is -0.00505. The molecule has 0 bridgehead atoms. The van der Waals surface area contributed by atoms with E-state index in [4.69, 9.17) is 9.15 Å². The Morgan fingerprint density at radius 3 is 2.47 bits per heavy atom. The van der Waals surface area contributed by atoms with Crippen LogP contribution in [0.4, 0.5) is 5.69 Å². The Morgan fingerprint density at radius 1 is 1.03 bits per heavy atom. The molecule has 0 atom stereocenters. The molecule has 2 aromatic rings. The van der Waals surface area contributed by atoms with Crippen molar-refractivity contribution in [3.8, 4) is 22.5 Å². The van der Waals surface area contributed by atoms with Crippen molar-refractivity contribution in [2.45, 2.75) is 0 Å². The largest absolute Gasteiger partial charge is 0.461 e. The van der Waals surface area contributed by atoms with Crippen LogP contribution in [-0.4, -0.2) is 61.2 Å². The summed E-state index contributed by atoms with van der Waals surface area (Å²) in [7, 11) is 5.45. The van der Waals surface area contributed by atoms with Gasteiger partial charge in [0.05, 0.1) is 11.6 Å². The standard InChI is InChI=1S/C27H29N2O5S2/c1-28(2)18-10-12-22-24(16-18)34-25-17-19(29(3)4)11-13-23(25)26(22)20-8-6-7-9-21(20)27(30)33-14-15-35-36(5,31)32/h6-13,16-17H,14-15H2,1-5H3/q+1. The molecule has 0 saturated carbocycles. The monoisotopic (exact) mass is 525 g/mol. The fourth-order valence-electron chi connectivity index (χ4n) is 3.99. The zero-order chi connectivity index (χ0) is 26.0. The molecule has 0 N–H and O–H groups in total. The molecule has 0 spiro atoms. The number of benzene rings is 3. The van der Waals surface area contributed by atoms with E-state index in [1.165, 1.54) is 0 Å². The molecular weight excluding hydrogens is 496 g/mol. The summed E-state index contributed by atoms with van der Waals surface area (Å²) < 4.78 is 36.6. The highest BCUT2D eigenvalue weighted by atomic mass is 33.1. The van der Waals surface area contributed by atoms with E-state index in [1.54, 1.807) is 12.1 Å². The van der Waals surface area contributed by atoms with Gasteiger partial charge in [0.2, 0.25) is 5.36 Å². The Labute approximate surface area is 214 Å². The second-order valence-corrected chi connectivity index (χ2v) is 13.4. The van der Waals surface area contributed by atoms with E-state index in [0.717, 1.165) is 50.2 Å². The maximum atomic E-state index is 13.1. The third kappa shape index (κ3) is 5.57.